The standard InChI is InChI=1S/C22H26ClN3O4/c1-14(2)16-7-9-17(10-8-16)30-13-22(29)26-25-21(28)12-11-20(27)24-19-6-4-5-18(23)15(19)3/h4-10,14H,11-13H2,1-3H3,(H,24,27)(H,25,28)(H,26,29). The molecule has 0 aliphatic rings. The van der Waals surface area contributed by atoms with Crippen LogP contribution in [0.25, 0.3) is 0 Å². The second kappa shape index (κ2) is 11.2. The molecule has 0 radical (unpaired) electrons. The van der Waals surface area contributed by atoms with Crippen LogP contribution in [0.2, 0.25) is 5.02 Å². The molecule has 0 fully saturated rings. The molecule has 2 aromatic rings. The Morgan fingerprint density at radius 2 is 1.57 bits per heavy atom. The summed E-state index contributed by atoms with van der Waals surface area (Å²) in [5.41, 5.74) is 7.05. The van der Waals surface area contributed by atoms with Crippen molar-refractivity contribution in [1.29, 1.82) is 0 Å². The van der Waals surface area contributed by atoms with Crippen LogP contribution >= 0.6 is 11.6 Å². The Bertz CT molecular complexity index is 898. The lowest BCUT2D eigenvalue weighted by Crippen LogP contribution is -2.44. The van der Waals surface area contributed by atoms with Crippen LogP contribution < -0.4 is 20.9 Å². The fourth-order valence-electron chi connectivity index (χ4n) is 2.52. The van der Waals surface area contributed by atoms with Crippen molar-refractivity contribution < 1.29 is 19.1 Å². The summed E-state index contributed by atoms with van der Waals surface area (Å²) in [7, 11) is 0. The molecule has 7 nitrogen and oxygen atoms in total. The maximum absolute atomic E-state index is 12.0. The highest BCUT2D eigenvalue weighted by Gasteiger charge is 2.11. The quantitative estimate of drug-likeness (QED) is 0.555. The Balaban J connectivity index is 1.66. The normalized spacial score (nSPS) is 10.4. The third kappa shape index (κ3) is 7.40. The van der Waals surface area contributed by atoms with Crippen LogP contribution in [0.3, 0.4) is 0 Å². The Kier molecular flexibility index (Phi) is 8.68. The molecule has 3 amide bonds. The number of hydrogen-bond acceptors (Lipinski definition) is 4. The van der Waals surface area contributed by atoms with E-state index in [0.29, 0.717) is 22.4 Å². The lowest BCUT2D eigenvalue weighted by Gasteiger charge is -2.11. The van der Waals surface area contributed by atoms with Crippen LogP contribution in [0.5, 0.6) is 5.75 Å². The van der Waals surface area contributed by atoms with Gasteiger partial charge in [0.15, 0.2) is 6.61 Å². The highest BCUT2D eigenvalue weighted by molar-refractivity contribution is 6.31. The van der Waals surface area contributed by atoms with Gasteiger partial charge in [-0.2, -0.15) is 0 Å². The number of carbonyl (C=O) groups excluding carboxylic acids is 3. The molecule has 0 aromatic heterocycles. The van der Waals surface area contributed by atoms with E-state index >= 15 is 0 Å². The van der Waals surface area contributed by atoms with Crippen molar-refractivity contribution in [2.24, 2.45) is 0 Å². The number of nitrogens with one attached hydrogen (secondary N) is 3. The number of ether oxygens (including phenoxy) is 1. The first-order valence-electron chi connectivity index (χ1n) is 9.61. The Morgan fingerprint density at radius 3 is 2.23 bits per heavy atom. The number of halogens is 1. The molecule has 0 bridgehead atoms. The van der Waals surface area contributed by atoms with Crippen molar-refractivity contribution in [2.75, 3.05) is 11.9 Å². The fourth-order valence-corrected chi connectivity index (χ4v) is 2.69. The van der Waals surface area contributed by atoms with Gasteiger partial charge < -0.3 is 10.1 Å². The first kappa shape index (κ1) is 23.2. The van der Waals surface area contributed by atoms with Gasteiger partial charge in [-0.15, -0.1) is 0 Å². The third-order valence-corrected chi connectivity index (χ3v) is 4.79. The summed E-state index contributed by atoms with van der Waals surface area (Å²) in [6.45, 7) is 5.73. The minimum Gasteiger partial charge on any atom is -0.484 e. The number of hydrogen-bond donors (Lipinski definition) is 3. The molecule has 30 heavy (non-hydrogen) atoms. The minimum absolute atomic E-state index is 0.0354. The van der Waals surface area contributed by atoms with E-state index in [2.05, 4.69) is 30.0 Å². The smallest absolute Gasteiger partial charge is 0.276 e. The maximum Gasteiger partial charge on any atom is 0.276 e. The van der Waals surface area contributed by atoms with Gasteiger partial charge in [-0.1, -0.05) is 43.6 Å². The van der Waals surface area contributed by atoms with Crippen molar-refractivity contribution in [3.05, 3.63) is 58.6 Å². The van der Waals surface area contributed by atoms with Crippen molar-refractivity contribution >= 4 is 35.0 Å². The summed E-state index contributed by atoms with van der Waals surface area (Å²) in [4.78, 5) is 35.6. The first-order valence-corrected chi connectivity index (χ1v) is 9.99. The molecule has 0 heterocycles. The van der Waals surface area contributed by atoms with E-state index in [-0.39, 0.29) is 25.4 Å². The van der Waals surface area contributed by atoms with Gasteiger partial charge in [0.1, 0.15) is 5.75 Å². The van der Waals surface area contributed by atoms with Gasteiger partial charge in [-0.3, -0.25) is 25.2 Å². The Labute approximate surface area is 181 Å². The summed E-state index contributed by atoms with van der Waals surface area (Å²) in [5.74, 6) is -0.337. The lowest BCUT2D eigenvalue weighted by atomic mass is 10.0. The second-order valence-electron chi connectivity index (χ2n) is 7.07. The summed E-state index contributed by atoms with van der Waals surface area (Å²) >= 11 is 6.01. The van der Waals surface area contributed by atoms with E-state index in [4.69, 9.17) is 16.3 Å². The lowest BCUT2D eigenvalue weighted by molar-refractivity contribution is -0.130. The van der Waals surface area contributed by atoms with Gasteiger partial charge in [0.05, 0.1) is 0 Å². The van der Waals surface area contributed by atoms with Crippen LogP contribution in [-0.4, -0.2) is 24.3 Å². The van der Waals surface area contributed by atoms with Gasteiger partial charge >= 0.3 is 0 Å². The van der Waals surface area contributed by atoms with Crippen molar-refractivity contribution in [2.45, 2.75) is 39.5 Å². The first-order chi connectivity index (χ1) is 14.3. The molecule has 0 unspecified atom stereocenters. The molecule has 0 saturated carbocycles. The number of benzene rings is 2. The van der Waals surface area contributed by atoms with Crippen molar-refractivity contribution in [3.8, 4) is 5.75 Å². The number of anilines is 1. The summed E-state index contributed by atoms with van der Waals surface area (Å²) in [6, 6.07) is 12.7. The molecule has 160 valence electrons. The van der Waals surface area contributed by atoms with Gasteiger partial charge in [0.2, 0.25) is 11.8 Å². The second-order valence-corrected chi connectivity index (χ2v) is 7.48. The summed E-state index contributed by atoms with van der Waals surface area (Å²) in [5, 5.41) is 3.26. The van der Waals surface area contributed by atoms with Crippen LogP contribution in [0.1, 0.15) is 43.7 Å². The predicted octanol–water partition coefficient (Wildman–Crippen LogP) is 3.72. The molecular weight excluding hydrogens is 406 g/mol. The van der Waals surface area contributed by atoms with E-state index in [1.54, 1.807) is 37.3 Å². The number of hydrazine groups is 1. The number of rotatable bonds is 8. The van der Waals surface area contributed by atoms with Gasteiger partial charge in [-0.05, 0) is 48.2 Å². The highest BCUT2D eigenvalue weighted by Crippen LogP contribution is 2.23. The Hall–Kier alpha value is -3.06. The monoisotopic (exact) mass is 431 g/mol. The zero-order valence-corrected chi connectivity index (χ0v) is 18.0. The zero-order valence-electron chi connectivity index (χ0n) is 17.3. The maximum atomic E-state index is 12.0. The predicted molar refractivity (Wildman–Crippen MR) is 116 cm³/mol. The topological polar surface area (TPSA) is 96.5 Å². The average molecular weight is 432 g/mol. The Morgan fingerprint density at radius 1 is 0.933 bits per heavy atom. The molecule has 0 atom stereocenters. The van der Waals surface area contributed by atoms with Crippen molar-refractivity contribution in [1.82, 2.24) is 10.9 Å². The van der Waals surface area contributed by atoms with Gasteiger partial charge in [0, 0.05) is 23.6 Å². The molecule has 0 aliphatic carbocycles. The highest BCUT2D eigenvalue weighted by atomic mass is 35.5. The molecule has 0 saturated heterocycles. The molecule has 2 aromatic carbocycles. The largest absolute Gasteiger partial charge is 0.484 e. The molecule has 8 heteroatoms. The number of amides is 3. The summed E-state index contributed by atoms with van der Waals surface area (Å²) < 4.78 is 5.38. The van der Waals surface area contributed by atoms with E-state index in [0.717, 1.165) is 5.56 Å². The van der Waals surface area contributed by atoms with Crippen LogP contribution in [0.15, 0.2) is 42.5 Å². The van der Waals surface area contributed by atoms with Crippen LogP contribution in [0, 0.1) is 6.92 Å². The molecule has 0 spiro atoms. The van der Waals surface area contributed by atoms with Gasteiger partial charge in [-0.25, -0.2) is 0 Å². The van der Waals surface area contributed by atoms with E-state index in [9.17, 15) is 14.4 Å². The van der Waals surface area contributed by atoms with E-state index in [1.165, 1.54) is 5.56 Å². The van der Waals surface area contributed by atoms with Crippen LogP contribution in [0.4, 0.5) is 5.69 Å². The molecule has 3 N–H and O–H groups in total. The fraction of sp³-hybridized carbons (Fsp3) is 0.318. The third-order valence-electron chi connectivity index (χ3n) is 4.38. The number of carbonyl (C=O) groups is 3. The van der Waals surface area contributed by atoms with E-state index in [1.807, 2.05) is 12.1 Å². The SMILES string of the molecule is Cc1c(Cl)cccc1NC(=O)CCC(=O)NNC(=O)COc1ccc(C(C)C)cc1. The molecule has 0 aliphatic heterocycles. The van der Waals surface area contributed by atoms with E-state index < -0.39 is 11.8 Å². The van der Waals surface area contributed by atoms with Crippen LogP contribution in [-0.2, 0) is 14.4 Å². The minimum atomic E-state index is -0.504. The average Bonchev–Trinajstić information content (AvgIpc) is 2.72. The summed E-state index contributed by atoms with van der Waals surface area (Å²) in [6.07, 6.45) is -0.115. The van der Waals surface area contributed by atoms with Crippen molar-refractivity contribution in [3.63, 3.8) is 0 Å². The zero-order chi connectivity index (χ0) is 22.1. The molecular formula is C22H26ClN3O4. The van der Waals surface area contributed by atoms with Gasteiger partial charge in [0.25, 0.3) is 5.91 Å². The molecule has 2 rings (SSSR count).